The Morgan fingerprint density at radius 1 is 1.14 bits per heavy atom. The molecule has 21 heavy (non-hydrogen) atoms. The summed E-state index contributed by atoms with van der Waals surface area (Å²) < 4.78 is 1.31. The van der Waals surface area contributed by atoms with Crippen molar-refractivity contribution in [3.63, 3.8) is 0 Å². The summed E-state index contributed by atoms with van der Waals surface area (Å²) in [4.78, 5) is 34.3. The Morgan fingerprint density at radius 2 is 1.95 bits per heavy atom. The predicted molar refractivity (Wildman–Crippen MR) is 77.5 cm³/mol. The number of hydrogen-bond donors (Lipinski definition) is 2. The number of nitrogens with one attached hydrogen (secondary N) is 1. The number of amides is 2. The van der Waals surface area contributed by atoms with Crippen molar-refractivity contribution in [3.05, 3.63) is 70.1 Å². The molecule has 2 aromatic rings. The molecule has 0 fully saturated rings. The third kappa shape index (κ3) is 4.04. The Bertz CT molecular complexity index is 722. The predicted octanol–water partition coefficient (Wildman–Crippen LogP) is 0.264. The van der Waals surface area contributed by atoms with Gasteiger partial charge in [0.1, 0.15) is 6.54 Å². The van der Waals surface area contributed by atoms with Crippen LogP contribution in [0.25, 0.3) is 0 Å². The first-order valence-electron chi connectivity index (χ1n) is 6.37. The largest absolute Gasteiger partial charge is 0.366 e. The van der Waals surface area contributed by atoms with Gasteiger partial charge in [0, 0.05) is 24.4 Å². The number of carbonyl (C=O) groups excluding carboxylic acids is 2. The van der Waals surface area contributed by atoms with Crippen molar-refractivity contribution in [3.8, 4) is 0 Å². The summed E-state index contributed by atoms with van der Waals surface area (Å²) in [5.41, 5.74) is 6.11. The molecule has 2 amide bonds. The molecule has 0 atom stereocenters. The molecule has 0 aliphatic rings. The van der Waals surface area contributed by atoms with E-state index < -0.39 is 5.91 Å². The molecule has 0 bridgehead atoms. The van der Waals surface area contributed by atoms with Crippen LogP contribution in [0.3, 0.4) is 0 Å². The molecule has 108 valence electrons. The Hall–Kier alpha value is -2.89. The normalized spacial score (nSPS) is 10.1. The zero-order valence-corrected chi connectivity index (χ0v) is 11.3. The lowest BCUT2D eigenvalue weighted by molar-refractivity contribution is -0.121. The van der Waals surface area contributed by atoms with Crippen LogP contribution in [0.5, 0.6) is 0 Å². The first-order chi connectivity index (χ1) is 10.1. The highest BCUT2D eigenvalue weighted by molar-refractivity contribution is 5.92. The molecule has 1 aromatic carbocycles. The summed E-state index contributed by atoms with van der Waals surface area (Å²) in [6.45, 7) is 0.219. The zero-order chi connectivity index (χ0) is 15.2. The standard InChI is InChI=1S/C15H15N3O3/c16-15(21)12-5-3-4-11(8-12)9-17-13(19)10-18-7-2-1-6-14(18)20/h1-8H,9-10H2,(H2,16,21)(H,17,19). The van der Waals surface area contributed by atoms with Gasteiger partial charge in [-0.2, -0.15) is 0 Å². The second-order valence-corrected chi connectivity index (χ2v) is 4.51. The van der Waals surface area contributed by atoms with Gasteiger partial charge >= 0.3 is 0 Å². The number of primary amides is 1. The van der Waals surface area contributed by atoms with Gasteiger partial charge in [0.25, 0.3) is 5.56 Å². The quantitative estimate of drug-likeness (QED) is 0.825. The number of benzene rings is 1. The number of nitrogens with two attached hydrogens (primary N) is 1. The van der Waals surface area contributed by atoms with Gasteiger partial charge in [-0.3, -0.25) is 14.4 Å². The fourth-order valence-electron chi connectivity index (χ4n) is 1.84. The van der Waals surface area contributed by atoms with Gasteiger partial charge in [-0.25, -0.2) is 0 Å². The van der Waals surface area contributed by atoms with E-state index in [0.717, 1.165) is 5.56 Å². The number of rotatable bonds is 5. The Balaban J connectivity index is 1.95. The summed E-state index contributed by atoms with van der Waals surface area (Å²) in [5.74, 6) is -0.799. The second kappa shape index (κ2) is 6.51. The van der Waals surface area contributed by atoms with Gasteiger partial charge in [-0.1, -0.05) is 18.2 Å². The topological polar surface area (TPSA) is 94.2 Å². The molecule has 0 unspecified atom stereocenters. The van der Waals surface area contributed by atoms with Gasteiger partial charge in [-0.15, -0.1) is 0 Å². The Morgan fingerprint density at radius 3 is 2.67 bits per heavy atom. The van der Waals surface area contributed by atoms with Crippen molar-refractivity contribution in [2.45, 2.75) is 13.1 Å². The minimum atomic E-state index is -0.515. The van der Waals surface area contributed by atoms with Crippen LogP contribution in [0.1, 0.15) is 15.9 Å². The lowest BCUT2D eigenvalue weighted by atomic mass is 10.1. The number of hydrogen-bond acceptors (Lipinski definition) is 3. The van der Waals surface area contributed by atoms with E-state index in [9.17, 15) is 14.4 Å². The molecule has 0 aliphatic heterocycles. The van der Waals surface area contributed by atoms with E-state index >= 15 is 0 Å². The number of aromatic nitrogens is 1. The van der Waals surface area contributed by atoms with Crippen molar-refractivity contribution < 1.29 is 9.59 Å². The van der Waals surface area contributed by atoms with Crippen LogP contribution >= 0.6 is 0 Å². The Kier molecular flexibility index (Phi) is 4.50. The molecule has 0 saturated carbocycles. The summed E-state index contributed by atoms with van der Waals surface area (Å²) in [6.07, 6.45) is 1.55. The lowest BCUT2D eigenvalue weighted by Crippen LogP contribution is -2.31. The lowest BCUT2D eigenvalue weighted by Gasteiger charge is -2.07. The highest BCUT2D eigenvalue weighted by Crippen LogP contribution is 2.04. The first-order valence-corrected chi connectivity index (χ1v) is 6.37. The molecular formula is C15H15N3O3. The van der Waals surface area contributed by atoms with Crippen LogP contribution in [-0.2, 0) is 17.9 Å². The van der Waals surface area contributed by atoms with Crippen molar-refractivity contribution in [2.24, 2.45) is 5.73 Å². The summed E-state index contributed by atoms with van der Waals surface area (Å²) in [5, 5.41) is 2.69. The zero-order valence-electron chi connectivity index (χ0n) is 11.3. The van der Waals surface area contributed by atoms with E-state index in [1.54, 1.807) is 42.6 Å². The molecule has 6 nitrogen and oxygen atoms in total. The minimum absolute atomic E-state index is 0.0464. The van der Waals surface area contributed by atoms with E-state index in [0.29, 0.717) is 5.56 Å². The smallest absolute Gasteiger partial charge is 0.250 e. The molecule has 0 saturated heterocycles. The summed E-state index contributed by atoms with van der Waals surface area (Å²) in [6, 6.07) is 11.4. The minimum Gasteiger partial charge on any atom is -0.366 e. The highest BCUT2D eigenvalue weighted by atomic mass is 16.2. The third-order valence-electron chi connectivity index (χ3n) is 2.91. The van der Waals surface area contributed by atoms with E-state index in [-0.39, 0.29) is 24.6 Å². The van der Waals surface area contributed by atoms with Crippen molar-refractivity contribution in [1.82, 2.24) is 9.88 Å². The van der Waals surface area contributed by atoms with Crippen molar-refractivity contribution in [1.29, 1.82) is 0 Å². The van der Waals surface area contributed by atoms with Crippen LogP contribution in [-0.4, -0.2) is 16.4 Å². The van der Waals surface area contributed by atoms with Crippen LogP contribution in [0, 0.1) is 0 Å². The molecule has 6 heteroatoms. The van der Waals surface area contributed by atoms with Gasteiger partial charge in [0.15, 0.2) is 0 Å². The van der Waals surface area contributed by atoms with E-state index in [2.05, 4.69) is 5.32 Å². The van der Waals surface area contributed by atoms with Crippen LogP contribution in [0.4, 0.5) is 0 Å². The molecule has 0 spiro atoms. The van der Waals surface area contributed by atoms with Gasteiger partial charge in [0.05, 0.1) is 0 Å². The van der Waals surface area contributed by atoms with E-state index in [4.69, 9.17) is 5.73 Å². The summed E-state index contributed by atoms with van der Waals surface area (Å²) in [7, 11) is 0. The van der Waals surface area contributed by atoms with Gasteiger partial charge < -0.3 is 15.6 Å². The molecule has 0 radical (unpaired) electrons. The fourth-order valence-corrected chi connectivity index (χ4v) is 1.84. The third-order valence-corrected chi connectivity index (χ3v) is 2.91. The average Bonchev–Trinajstić information content (AvgIpc) is 2.48. The molecule has 0 aliphatic carbocycles. The van der Waals surface area contributed by atoms with E-state index in [1.807, 2.05) is 0 Å². The second-order valence-electron chi connectivity index (χ2n) is 4.51. The first kappa shape index (κ1) is 14.5. The van der Waals surface area contributed by atoms with Crippen molar-refractivity contribution in [2.75, 3.05) is 0 Å². The molecular weight excluding hydrogens is 270 g/mol. The molecule has 2 rings (SSSR count). The number of nitrogens with zero attached hydrogens (tertiary/aromatic N) is 1. The monoisotopic (exact) mass is 285 g/mol. The highest BCUT2D eigenvalue weighted by Gasteiger charge is 2.05. The maximum atomic E-state index is 11.8. The maximum Gasteiger partial charge on any atom is 0.250 e. The number of carbonyl (C=O) groups is 2. The number of pyridine rings is 1. The molecule has 1 aromatic heterocycles. The molecule has 3 N–H and O–H groups in total. The SMILES string of the molecule is NC(=O)c1cccc(CNC(=O)Cn2ccccc2=O)c1. The van der Waals surface area contributed by atoms with E-state index in [1.165, 1.54) is 10.6 Å². The van der Waals surface area contributed by atoms with Crippen LogP contribution in [0.2, 0.25) is 0 Å². The van der Waals surface area contributed by atoms with Crippen LogP contribution < -0.4 is 16.6 Å². The van der Waals surface area contributed by atoms with Crippen molar-refractivity contribution >= 4 is 11.8 Å². The fraction of sp³-hybridized carbons (Fsp3) is 0.133. The molecule has 1 heterocycles. The average molecular weight is 285 g/mol. The summed E-state index contributed by atoms with van der Waals surface area (Å²) >= 11 is 0. The van der Waals surface area contributed by atoms with Gasteiger partial charge in [0.2, 0.25) is 11.8 Å². The van der Waals surface area contributed by atoms with Crippen LogP contribution in [0.15, 0.2) is 53.5 Å². The Labute approximate surface area is 121 Å². The maximum absolute atomic E-state index is 11.8. The van der Waals surface area contributed by atoms with Gasteiger partial charge in [-0.05, 0) is 23.8 Å².